The maximum Gasteiger partial charge on any atom is 0.410 e. The summed E-state index contributed by atoms with van der Waals surface area (Å²) in [5, 5.41) is 0. The van der Waals surface area contributed by atoms with E-state index in [1.54, 1.807) is 0 Å². The van der Waals surface area contributed by atoms with Crippen molar-refractivity contribution in [3.05, 3.63) is 0 Å². The van der Waals surface area contributed by atoms with Gasteiger partial charge in [0.1, 0.15) is 5.60 Å². The number of piperidine rings is 2. The number of ether oxygens (including phenoxy) is 1. The molecule has 4 nitrogen and oxygen atoms in total. The molecule has 2 fully saturated rings. The minimum atomic E-state index is -0.402. The first kappa shape index (κ1) is 20.3. The molecule has 2 aliphatic rings. The van der Waals surface area contributed by atoms with Crippen LogP contribution in [0.4, 0.5) is 4.79 Å². The van der Waals surface area contributed by atoms with Crippen LogP contribution in [0.5, 0.6) is 0 Å². The zero-order valence-corrected chi connectivity index (χ0v) is 16.4. The van der Waals surface area contributed by atoms with Crippen molar-refractivity contribution in [1.82, 2.24) is 9.80 Å². The van der Waals surface area contributed by atoms with Crippen molar-refractivity contribution in [2.45, 2.75) is 85.3 Å². The van der Waals surface area contributed by atoms with Gasteiger partial charge < -0.3 is 9.64 Å². The second kappa shape index (κ2) is 8.36. The van der Waals surface area contributed by atoms with Gasteiger partial charge in [-0.15, -0.1) is 0 Å². The topological polar surface area (TPSA) is 32.8 Å². The molecule has 0 radical (unpaired) electrons. The first-order valence-electron chi connectivity index (χ1n) is 9.43. The number of nitrogens with zero attached hydrogens (tertiary/aromatic N) is 2. The minimum Gasteiger partial charge on any atom is -0.444 e. The molecule has 2 rings (SSSR count). The van der Waals surface area contributed by atoms with Gasteiger partial charge in [0.25, 0.3) is 0 Å². The lowest BCUT2D eigenvalue weighted by atomic mass is 9.85. The Kier molecular flexibility index (Phi) is 7.37. The molecule has 0 aromatic heterocycles. The van der Waals surface area contributed by atoms with Crippen LogP contribution in [0.2, 0.25) is 0 Å². The summed E-state index contributed by atoms with van der Waals surface area (Å²) >= 11 is 0. The molecule has 0 saturated carbocycles. The molecule has 0 aromatic rings. The van der Waals surface area contributed by atoms with Gasteiger partial charge in [0.05, 0.1) is 0 Å². The molecule has 0 atom stereocenters. The Labute approximate surface area is 143 Å². The maximum atomic E-state index is 12.1. The van der Waals surface area contributed by atoms with Crippen molar-refractivity contribution in [1.29, 1.82) is 0 Å². The highest BCUT2D eigenvalue weighted by molar-refractivity contribution is 5.68. The van der Waals surface area contributed by atoms with Crippen molar-refractivity contribution in [3.8, 4) is 0 Å². The standard InChI is InChI=1S/C17H32N2O2.C2H6/c1-14-6-10-19(11-7-14)17(5)8-12-18(13-9-17)15(20)21-16(2,3)4;1-2/h14H,6-13H2,1-5H3;1-2H3. The summed E-state index contributed by atoms with van der Waals surface area (Å²) in [6, 6.07) is 0. The van der Waals surface area contributed by atoms with Gasteiger partial charge in [-0.05, 0) is 72.4 Å². The zero-order chi connectivity index (χ0) is 17.7. The first-order chi connectivity index (χ1) is 10.7. The molecule has 1 amide bonds. The summed E-state index contributed by atoms with van der Waals surface area (Å²) in [5.41, 5.74) is -0.139. The van der Waals surface area contributed by atoms with Crippen LogP contribution in [0.3, 0.4) is 0 Å². The molecule has 0 bridgehead atoms. The predicted octanol–water partition coefficient (Wildman–Crippen LogP) is 4.53. The Balaban J connectivity index is 0.00000127. The van der Waals surface area contributed by atoms with E-state index in [1.165, 1.54) is 25.9 Å². The lowest BCUT2D eigenvalue weighted by molar-refractivity contribution is -0.00977. The fourth-order valence-corrected chi connectivity index (χ4v) is 3.36. The van der Waals surface area contributed by atoms with E-state index in [0.29, 0.717) is 0 Å². The van der Waals surface area contributed by atoms with E-state index < -0.39 is 5.60 Å². The van der Waals surface area contributed by atoms with E-state index in [2.05, 4.69) is 18.7 Å². The second-order valence-corrected chi connectivity index (χ2v) is 8.13. The van der Waals surface area contributed by atoms with Crippen LogP contribution in [0.15, 0.2) is 0 Å². The molecule has 2 saturated heterocycles. The minimum absolute atomic E-state index is 0.156. The second-order valence-electron chi connectivity index (χ2n) is 8.13. The molecule has 0 spiro atoms. The Bertz CT molecular complexity index is 360. The molecule has 0 unspecified atom stereocenters. The summed E-state index contributed by atoms with van der Waals surface area (Å²) in [7, 11) is 0. The highest BCUT2D eigenvalue weighted by Gasteiger charge is 2.38. The fourth-order valence-electron chi connectivity index (χ4n) is 3.36. The first-order valence-corrected chi connectivity index (χ1v) is 9.43. The van der Waals surface area contributed by atoms with Crippen molar-refractivity contribution >= 4 is 6.09 Å². The average molecular weight is 327 g/mol. The van der Waals surface area contributed by atoms with Gasteiger partial charge in [-0.3, -0.25) is 4.90 Å². The summed E-state index contributed by atoms with van der Waals surface area (Å²) in [6.45, 7) is 18.6. The van der Waals surface area contributed by atoms with Crippen molar-refractivity contribution < 1.29 is 9.53 Å². The van der Waals surface area contributed by atoms with Crippen molar-refractivity contribution in [3.63, 3.8) is 0 Å². The Morgan fingerprint density at radius 2 is 1.52 bits per heavy atom. The SMILES string of the molecule is CC.CC1CCN(C2(C)CCN(C(=O)OC(C)(C)C)CC2)CC1. The van der Waals surface area contributed by atoms with Crippen LogP contribution in [0, 0.1) is 5.92 Å². The van der Waals surface area contributed by atoms with Crippen LogP contribution >= 0.6 is 0 Å². The fraction of sp³-hybridized carbons (Fsp3) is 0.947. The smallest absolute Gasteiger partial charge is 0.410 e. The normalized spacial score (nSPS) is 23.0. The van der Waals surface area contributed by atoms with Gasteiger partial charge in [-0.1, -0.05) is 20.8 Å². The van der Waals surface area contributed by atoms with Crippen LogP contribution in [-0.2, 0) is 4.74 Å². The Hall–Kier alpha value is -0.770. The predicted molar refractivity (Wildman–Crippen MR) is 96.8 cm³/mol. The van der Waals surface area contributed by atoms with E-state index in [0.717, 1.165) is 31.8 Å². The summed E-state index contributed by atoms with van der Waals surface area (Å²) in [6.07, 6.45) is 4.58. The summed E-state index contributed by atoms with van der Waals surface area (Å²) in [4.78, 5) is 16.7. The molecule has 23 heavy (non-hydrogen) atoms. The molecular formula is C19H38N2O2. The molecule has 2 aliphatic heterocycles. The third-order valence-corrected chi connectivity index (χ3v) is 5.04. The number of rotatable bonds is 1. The zero-order valence-electron chi connectivity index (χ0n) is 16.4. The van der Waals surface area contributed by atoms with Crippen LogP contribution in [0.1, 0.15) is 74.1 Å². The monoisotopic (exact) mass is 326 g/mol. The van der Waals surface area contributed by atoms with E-state index in [9.17, 15) is 4.79 Å². The van der Waals surface area contributed by atoms with E-state index in [4.69, 9.17) is 4.74 Å². The van der Waals surface area contributed by atoms with Gasteiger partial charge in [0.2, 0.25) is 0 Å². The third-order valence-electron chi connectivity index (χ3n) is 5.04. The van der Waals surface area contributed by atoms with Gasteiger partial charge >= 0.3 is 6.09 Å². The van der Waals surface area contributed by atoms with Crippen LogP contribution < -0.4 is 0 Å². The quantitative estimate of drug-likeness (QED) is 0.709. The molecule has 0 aliphatic carbocycles. The largest absolute Gasteiger partial charge is 0.444 e. The van der Waals surface area contributed by atoms with Crippen LogP contribution in [-0.4, -0.2) is 53.2 Å². The van der Waals surface area contributed by atoms with Gasteiger partial charge in [0.15, 0.2) is 0 Å². The number of likely N-dealkylation sites (tertiary alicyclic amines) is 2. The molecular weight excluding hydrogens is 288 g/mol. The number of hydrogen-bond acceptors (Lipinski definition) is 3. The number of hydrogen-bond donors (Lipinski definition) is 0. The number of carbonyl (C=O) groups is 1. The Morgan fingerprint density at radius 1 is 1.04 bits per heavy atom. The Morgan fingerprint density at radius 3 is 1.96 bits per heavy atom. The highest BCUT2D eigenvalue weighted by Crippen LogP contribution is 2.32. The summed E-state index contributed by atoms with van der Waals surface area (Å²) in [5.74, 6) is 0.867. The van der Waals surface area contributed by atoms with Crippen molar-refractivity contribution in [2.24, 2.45) is 5.92 Å². The van der Waals surface area contributed by atoms with Gasteiger partial charge in [-0.2, -0.15) is 0 Å². The number of carbonyl (C=O) groups excluding carboxylic acids is 1. The molecule has 0 N–H and O–H groups in total. The lowest BCUT2D eigenvalue weighted by Gasteiger charge is -2.49. The molecule has 136 valence electrons. The van der Waals surface area contributed by atoms with Crippen molar-refractivity contribution in [2.75, 3.05) is 26.2 Å². The van der Waals surface area contributed by atoms with E-state index >= 15 is 0 Å². The van der Waals surface area contributed by atoms with Crippen LogP contribution in [0.25, 0.3) is 0 Å². The van der Waals surface area contributed by atoms with Gasteiger partial charge in [-0.25, -0.2) is 4.79 Å². The van der Waals surface area contributed by atoms with E-state index in [-0.39, 0.29) is 11.6 Å². The molecule has 2 heterocycles. The third kappa shape index (κ3) is 5.98. The summed E-state index contributed by atoms with van der Waals surface area (Å²) < 4.78 is 5.48. The highest BCUT2D eigenvalue weighted by atomic mass is 16.6. The molecule has 4 heteroatoms. The maximum absolute atomic E-state index is 12.1. The van der Waals surface area contributed by atoms with E-state index in [1.807, 2.05) is 39.5 Å². The van der Waals surface area contributed by atoms with Gasteiger partial charge in [0, 0.05) is 18.6 Å². The number of amides is 1. The average Bonchev–Trinajstić information content (AvgIpc) is 2.49. The molecule has 0 aromatic carbocycles. The lowest BCUT2D eigenvalue weighted by Crippen LogP contribution is -2.56.